The van der Waals surface area contributed by atoms with Crippen molar-refractivity contribution in [3.8, 4) is 0 Å². The topological polar surface area (TPSA) is 20.2 Å². The molecule has 3 heteroatoms. The van der Waals surface area contributed by atoms with Crippen LogP contribution in [0.1, 0.15) is 96.8 Å². The molecular weight excluding hydrogens is 374 g/mol. The van der Waals surface area contributed by atoms with Crippen molar-refractivity contribution in [3.05, 3.63) is 12.2 Å². The molecule has 0 rings (SSSR count). The van der Waals surface area contributed by atoms with Gasteiger partial charge in [-0.05, 0) is 38.5 Å². The van der Waals surface area contributed by atoms with E-state index in [0.717, 1.165) is 11.0 Å². The first-order valence-electron chi connectivity index (χ1n) is 10.7. The fourth-order valence-electron chi connectivity index (χ4n) is 3.17. The Kier molecular flexibility index (Phi) is 22.4. The van der Waals surface area contributed by atoms with Crippen LogP contribution in [0, 0.1) is 0 Å². The first kappa shape index (κ1) is 27.4. The Morgan fingerprint density at radius 3 is 1.56 bits per heavy atom. The molecule has 0 spiro atoms. The molecule has 25 heavy (non-hydrogen) atoms. The second-order valence-electron chi connectivity index (χ2n) is 8.04. The molecule has 0 radical (unpaired) electrons. The van der Waals surface area contributed by atoms with Crippen LogP contribution in [0.25, 0.3) is 0 Å². The van der Waals surface area contributed by atoms with Gasteiger partial charge in [0.25, 0.3) is 0 Å². The van der Waals surface area contributed by atoms with E-state index in [2.05, 4.69) is 33.2 Å². The molecule has 2 nitrogen and oxygen atoms in total. The third-order valence-electron chi connectivity index (χ3n) is 4.98. The normalized spacial score (nSPS) is 11.8. The highest BCUT2D eigenvalue weighted by atomic mass is 79.9. The second-order valence-corrected chi connectivity index (χ2v) is 8.04. The van der Waals surface area contributed by atoms with Crippen molar-refractivity contribution in [3.63, 3.8) is 0 Å². The lowest BCUT2D eigenvalue weighted by molar-refractivity contribution is -0.890. The van der Waals surface area contributed by atoms with Crippen molar-refractivity contribution in [2.45, 2.75) is 96.8 Å². The van der Waals surface area contributed by atoms with Crippen LogP contribution in [0.4, 0.5) is 0 Å². The van der Waals surface area contributed by atoms with Gasteiger partial charge in [0.05, 0.1) is 27.2 Å². The molecule has 152 valence electrons. The first-order valence-corrected chi connectivity index (χ1v) is 10.7. The lowest BCUT2D eigenvalue weighted by Crippen LogP contribution is -3.00. The summed E-state index contributed by atoms with van der Waals surface area (Å²) in [5.74, 6) is 0. The molecule has 0 atom stereocenters. The third-order valence-corrected chi connectivity index (χ3v) is 4.98. The van der Waals surface area contributed by atoms with E-state index in [-0.39, 0.29) is 17.0 Å². The van der Waals surface area contributed by atoms with E-state index in [9.17, 15) is 0 Å². The second kappa shape index (κ2) is 20.5. The Labute approximate surface area is 169 Å². The highest BCUT2D eigenvalue weighted by molar-refractivity contribution is 4.81. The average Bonchev–Trinajstić information content (AvgIpc) is 2.54. The van der Waals surface area contributed by atoms with Crippen LogP contribution < -0.4 is 17.0 Å². The van der Waals surface area contributed by atoms with Crippen molar-refractivity contribution in [2.24, 2.45) is 0 Å². The zero-order valence-electron chi connectivity index (χ0n) is 17.4. The van der Waals surface area contributed by atoms with Crippen molar-refractivity contribution in [1.82, 2.24) is 0 Å². The number of quaternary nitrogens is 1. The quantitative estimate of drug-likeness (QED) is 0.205. The number of rotatable bonds is 18. The van der Waals surface area contributed by atoms with E-state index in [1.807, 2.05) is 0 Å². The molecule has 0 saturated carbocycles. The molecule has 0 saturated heterocycles. The van der Waals surface area contributed by atoms with E-state index in [4.69, 9.17) is 5.11 Å². The summed E-state index contributed by atoms with van der Waals surface area (Å²) in [6, 6.07) is 0. The van der Waals surface area contributed by atoms with Crippen LogP contribution >= 0.6 is 0 Å². The van der Waals surface area contributed by atoms with Crippen molar-refractivity contribution in [2.75, 3.05) is 33.8 Å². The number of likely N-dealkylation sites (N-methyl/N-ethyl adjacent to an activating group) is 1. The van der Waals surface area contributed by atoms with Crippen LogP contribution in [-0.2, 0) is 0 Å². The molecule has 0 aromatic rings. The van der Waals surface area contributed by atoms with Gasteiger partial charge in [-0.1, -0.05) is 70.4 Å². The van der Waals surface area contributed by atoms with Crippen LogP contribution in [0.3, 0.4) is 0 Å². The Morgan fingerprint density at radius 2 is 1.08 bits per heavy atom. The number of allylic oxidation sites excluding steroid dienone is 2. The molecule has 0 aliphatic rings. The van der Waals surface area contributed by atoms with Crippen LogP contribution in [0.5, 0.6) is 0 Å². The van der Waals surface area contributed by atoms with Crippen molar-refractivity contribution in [1.29, 1.82) is 0 Å². The molecule has 0 unspecified atom stereocenters. The van der Waals surface area contributed by atoms with E-state index in [1.165, 1.54) is 96.4 Å². The first-order chi connectivity index (χ1) is 11.6. The van der Waals surface area contributed by atoms with Gasteiger partial charge in [0.1, 0.15) is 6.54 Å². The number of halogens is 1. The predicted octanol–water partition coefficient (Wildman–Crippen LogP) is 3.10. The summed E-state index contributed by atoms with van der Waals surface area (Å²) >= 11 is 0. The van der Waals surface area contributed by atoms with Gasteiger partial charge < -0.3 is 26.6 Å². The summed E-state index contributed by atoms with van der Waals surface area (Å²) in [6.07, 6.45) is 23.9. The number of aliphatic hydroxyl groups excluding tert-OH is 1. The Hall–Kier alpha value is 0.140. The number of hydrogen-bond acceptors (Lipinski definition) is 1. The van der Waals surface area contributed by atoms with E-state index in [1.54, 1.807) is 0 Å². The van der Waals surface area contributed by atoms with Crippen molar-refractivity contribution >= 4 is 0 Å². The molecule has 0 heterocycles. The fraction of sp³-hybridized carbons (Fsp3) is 0.909. The molecule has 0 amide bonds. The minimum atomic E-state index is 0. The van der Waals surface area contributed by atoms with E-state index in [0.29, 0.717) is 6.61 Å². The molecule has 0 bridgehead atoms. The third kappa shape index (κ3) is 22.1. The maximum Gasteiger partial charge on any atom is 0.102 e. The highest BCUT2D eigenvalue weighted by Crippen LogP contribution is 2.11. The van der Waals surface area contributed by atoms with E-state index >= 15 is 0 Å². The highest BCUT2D eigenvalue weighted by Gasteiger charge is 2.12. The number of nitrogens with zero attached hydrogens (tertiary/aromatic N) is 1. The molecule has 0 aromatic carbocycles. The number of aliphatic hydroxyl groups is 1. The van der Waals surface area contributed by atoms with E-state index < -0.39 is 0 Å². The molecule has 0 aliphatic heterocycles. The smallest absolute Gasteiger partial charge is 0.102 e. The van der Waals surface area contributed by atoms with Gasteiger partial charge in [-0.3, -0.25) is 0 Å². The average molecular weight is 421 g/mol. The largest absolute Gasteiger partial charge is 1.00 e. The summed E-state index contributed by atoms with van der Waals surface area (Å²) in [6.45, 7) is 4.66. The van der Waals surface area contributed by atoms with Gasteiger partial charge in [-0.25, -0.2) is 0 Å². The number of hydrogen-bond donors (Lipinski definition) is 1. The van der Waals surface area contributed by atoms with Gasteiger partial charge >= 0.3 is 0 Å². The monoisotopic (exact) mass is 419 g/mol. The van der Waals surface area contributed by atoms with Crippen LogP contribution in [0.15, 0.2) is 12.2 Å². The van der Waals surface area contributed by atoms with Gasteiger partial charge in [0.15, 0.2) is 0 Å². The molecule has 1 N–H and O–H groups in total. The van der Waals surface area contributed by atoms with Crippen molar-refractivity contribution < 1.29 is 26.6 Å². The summed E-state index contributed by atoms with van der Waals surface area (Å²) in [5, 5.41) is 9.02. The zero-order chi connectivity index (χ0) is 17.9. The maximum absolute atomic E-state index is 9.02. The molecule has 0 aromatic heterocycles. The molecular formula is C22H46BrNO. The zero-order valence-corrected chi connectivity index (χ0v) is 19.0. The number of unbranched alkanes of at least 4 members (excludes halogenated alkanes) is 12. The van der Waals surface area contributed by atoms with Gasteiger partial charge in [-0.15, -0.1) is 0 Å². The summed E-state index contributed by atoms with van der Waals surface area (Å²) < 4.78 is 0.958. The summed E-state index contributed by atoms with van der Waals surface area (Å²) in [7, 11) is 4.43. The summed E-state index contributed by atoms with van der Waals surface area (Å²) in [5.41, 5.74) is 0. The lowest BCUT2D eigenvalue weighted by atomic mass is 10.1. The van der Waals surface area contributed by atoms with Crippen LogP contribution in [0.2, 0.25) is 0 Å². The van der Waals surface area contributed by atoms with Gasteiger partial charge in [0.2, 0.25) is 0 Å². The minimum Gasteiger partial charge on any atom is -1.00 e. The molecule has 0 fully saturated rings. The Morgan fingerprint density at radius 1 is 0.640 bits per heavy atom. The van der Waals surface area contributed by atoms with Gasteiger partial charge in [-0.2, -0.15) is 0 Å². The molecule has 0 aliphatic carbocycles. The van der Waals surface area contributed by atoms with Gasteiger partial charge in [0, 0.05) is 0 Å². The Bertz CT molecular complexity index is 279. The maximum atomic E-state index is 9.02. The predicted molar refractivity (Wildman–Crippen MR) is 108 cm³/mol. The standard InChI is InChI=1S/C22H46NO.BrH/c1-4-5-6-7-8-9-10-11-12-13-14-15-16-17-18-19-20-23(2,3)21-22-24;/h11-12,24H,4-10,13-22H2,1-3H3;1H/q+1;/p-1/b12-11-;. The van der Waals surface area contributed by atoms with Crippen LogP contribution in [-0.4, -0.2) is 43.4 Å². The minimum absolute atomic E-state index is 0. The summed E-state index contributed by atoms with van der Waals surface area (Å²) in [4.78, 5) is 0. The lowest BCUT2D eigenvalue weighted by Gasteiger charge is -2.28. The Balaban J connectivity index is 0. The fourth-order valence-corrected chi connectivity index (χ4v) is 3.17. The SMILES string of the molecule is CCCCCCCC/C=C\CCCCCCCC[N+](C)(C)CCO.[Br-].